The van der Waals surface area contributed by atoms with Crippen molar-refractivity contribution in [2.75, 3.05) is 13.2 Å². The molecule has 2 aliphatic carbocycles. The topological polar surface area (TPSA) is 78.9 Å². The van der Waals surface area contributed by atoms with E-state index < -0.39 is 6.10 Å². The molecule has 1 spiro atoms. The molecule has 5 atom stereocenters. The van der Waals surface area contributed by atoms with E-state index in [1.807, 2.05) is 12.2 Å². The molecule has 0 aromatic carbocycles. The number of carbonyl (C=O) groups excluding carboxylic acids is 3. The highest BCUT2D eigenvalue weighted by Crippen LogP contribution is 2.64. The average Bonchev–Trinajstić information content (AvgIpc) is 3.20. The molecule has 0 radical (unpaired) electrons. The van der Waals surface area contributed by atoms with E-state index in [-0.39, 0.29) is 34.7 Å². The van der Waals surface area contributed by atoms with Crippen LogP contribution in [0.4, 0.5) is 0 Å². The summed E-state index contributed by atoms with van der Waals surface area (Å²) in [5, 5.41) is 0. The van der Waals surface area contributed by atoms with Crippen LogP contribution in [0.25, 0.3) is 0 Å². The molecule has 4 rings (SSSR count). The van der Waals surface area contributed by atoms with Crippen molar-refractivity contribution in [2.45, 2.75) is 59.0 Å². The zero-order chi connectivity index (χ0) is 20.1. The third-order valence-corrected chi connectivity index (χ3v) is 7.71. The van der Waals surface area contributed by atoms with Crippen LogP contribution in [0.15, 0.2) is 23.3 Å². The first-order chi connectivity index (χ1) is 13.3. The maximum atomic E-state index is 12.5. The number of hydrogen-bond donors (Lipinski definition) is 0. The lowest BCUT2D eigenvalue weighted by Gasteiger charge is -2.57. The first-order valence-corrected chi connectivity index (χ1v) is 10.2. The van der Waals surface area contributed by atoms with Gasteiger partial charge in [0, 0.05) is 23.5 Å². The molecule has 2 fully saturated rings. The van der Waals surface area contributed by atoms with E-state index in [1.54, 1.807) is 0 Å². The molecule has 2 heterocycles. The normalized spacial score (nSPS) is 39.3. The Balaban J connectivity index is 1.67. The fourth-order valence-corrected chi connectivity index (χ4v) is 5.93. The Morgan fingerprint density at radius 1 is 1.29 bits per heavy atom. The lowest BCUT2D eigenvalue weighted by Crippen LogP contribution is -2.53. The zero-order valence-electron chi connectivity index (χ0n) is 16.8. The van der Waals surface area contributed by atoms with E-state index >= 15 is 0 Å². The molecule has 1 saturated heterocycles. The zero-order valence-corrected chi connectivity index (χ0v) is 16.8. The molecule has 0 aromatic heterocycles. The molecule has 2 aliphatic heterocycles. The summed E-state index contributed by atoms with van der Waals surface area (Å²) in [6, 6.07) is 0. The minimum Gasteiger partial charge on any atom is -0.461 e. The van der Waals surface area contributed by atoms with Crippen molar-refractivity contribution in [3.63, 3.8) is 0 Å². The molecule has 0 bridgehead atoms. The number of cyclic esters (lactones) is 2. The van der Waals surface area contributed by atoms with Gasteiger partial charge in [-0.2, -0.15) is 0 Å². The Bertz CT molecular complexity index is 780. The van der Waals surface area contributed by atoms with Gasteiger partial charge in [0.15, 0.2) is 0 Å². The highest BCUT2D eigenvalue weighted by molar-refractivity contribution is 5.93. The van der Waals surface area contributed by atoms with Crippen LogP contribution in [-0.2, 0) is 28.6 Å². The Hall–Kier alpha value is -2.11. The van der Waals surface area contributed by atoms with E-state index in [1.165, 1.54) is 6.92 Å². The molecule has 6 heteroatoms. The Labute approximate surface area is 165 Å². The summed E-state index contributed by atoms with van der Waals surface area (Å²) in [4.78, 5) is 36.0. The number of carbonyl (C=O) groups is 3. The smallest absolute Gasteiger partial charge is 0.334 e. The fourth-order valence-electron chi connectivity index (χ4n) is 5.93. The molecule has 6 nitrogen and oxygen atoms in total. The van der Waals surface area contributed by atoms with E-state index in [0.717, 1.165) is 24.8 Å². The van der Waals surface area contributed by atoms with Crippen LogP contribution in [0.5, 0.6) is 0 Å². The second-order valence-corrected chi connectivity index (χ2v) is 9.02. The summed E-state index contributed by atoms with van der Waals surface area (Å²) < 4.78 is 16.1. The molecular weight excluding hydrogens is 360 g/mol. The number of ether oxygens (including phenoxy) is 3. The Morgan fingerprint density at radius 3 is 2.75 bits per heavy atom. The summed E-state index contributed by atoms with van der Waals surface area (Å²) in [6.45, 7) is 6.68. The lowest BCUT2D eigenvalue weighted by atomic mass is 9.46. The van der Waals surface area contributed by atoms with E-state index in [2.05, 4.69) is 13.8 Å². The van der Waals surface area contributed by atoms with Crippen molar-refractivity contribution in [1.29, 1.82) is 0 Å². The Kier molecular flexibility index (Phi) is 4.63. The minimum atomic E-state index is -0.406. The third-order valence-electron chi connectivity index (χ3n) is 7.71. The molecule has 0 unspecified atom stereocenters. The van der Waals surface area contributed by atoms with Crippen LogP contribution in [0, 0.1) is 22.7 Å². The molecular formula is C22H28O6. The van der Waals surface area contributed by atoms with Gasteiger partial charge < -0.3 is 14.2 Å². The lowest BCUT2D eigenvalue weighted by molar-refractivity contribution is -0.149. The highest BCUT2D eigenvalue weighted by atomic mass is 16.6. The number of esters is 3. The first-order valence-electron chi connectivity index (χ1n) is 10.2. The molecule has 0 amide bonds. The van der Waals surface area contributed by atoms with Crippen molar-refractivity contribution in [3.8, 4) is 0 Å². The second-order valence-electron chi connectivity index (χ2n) is 9.02. The molecule has 152 valence electrons. The van der Waals surface area contributed by atoms with Crippen LogP contribution in [0.1, 0.15) is 52.9 Å². The fraction of sp³-hybridized carbons (Fsp3) is 0.682. The summed E-state index contributed by atoms with van der Waals surface area (Å²) in [6.07, 6.45) is 7.37. The van der Waals surface area contributed by atoms with Crippen molar-refractivity contribution in [2.24, 2.45) is 22.7 Å². The van der Waals surface area contributed by atoms with E-state index in [4.69, 9.17) is 14.2 Å². The number of rotatable bonds is 4. The average molecular weight is 388 g/mol. The van der Waals surface area contributed by atoms with Crippen molar-refractivity contribution < 1.29 is 28.6 Å². The highest BCUT2D eigenvalue weighted by Gasteiger charge is 2.62. The SMILES string of the molecule is CC(=O)O[C@@H]1C=C2C(=O)OC[C@]23CC[C@@H](C)[C@](C)(CCC2=CCOC2=O)[C@H]3C1. The van der Waals surface area contributed by atoms with Crippen molar-refractivity contribution >= 4 is 17.9 Å². The standard InChI is InChI=1S/C22H28O6/c1-13-4-8-22-12-27-20(25)17(22)10-16(28-14(2)23)11-18(22)21(13,3)7-5-15-6-9-26-19(15)24/h6,10,13,16,18H,4-5,7-9,11-12H2,1-3H3/t13-,16-,18-,21+,22-/m1/s1. The van der Waals surface area contributed by atoms with Crippen LogP contribution in [-0.4, -0.2) is 37.2 Å². The van der Waals surface area contributed by atoms with Crippen LogP contribution >= 0.6 is 0 Å². The maximum Gasteiger partial charge on any atom is 0.334 e. The van der Waals surface area contributed by atoms with E-state index in [0.29, 0.717) is 37.5 Å². The monoisotopic (exact) mass is 388 g/mol. The van der Waals surface area contributed by atoms with Crippen LogP contribution < -0.4 is 0 Å². The predicted molar refractivity (Wildman–Crippen MR) is 99.9 cm³/mol. The quantitative estimate of drug-likeness (QED) is 0.544. The molecule has 28 heavy (non-hydrogen) atoms. The third kappa shape index (κ3) is 2.88. The van der Waals surface area contributed by atoms with Crippen molar-refractivity contribution in [3.05, 3.63) is 23.3 Å². The van der Waals surface area contributed by atoms with Crippen LogP contribution in [0.3, 0.4) is 0 Å². The van der Waals surface area contributed by atoms with Gasteiger partial charge in [-0.15, -0.1) is 0 Å². The largest absolute Gasteiger partial charge is 0.461 e. The van der Waals surface area contributed by atoms with Gasteiger partial charge in [-0.1, -0.05) is 13.8 Å². The van der Waals surface area contributed by atoms with Gasteiger partial charge in [0.2, 0.25) is 0 Å². The van der Waals surface area contributed by atoms with Crippen LogP contribution in [0.2, 0.25) is 0 Å². The van der Waals surface area contributed by atoms with Gasteiger partial charge in [-0.05, 0) is 61.5 Å². The molecule has 4 aliphatic rings. The van der Waals surface area contributed by atoms with Gasteiger partial charge in [0.25, 0.3) is 0 Å². The minimum absolute atomic E-state index is 0.103. The molecule has 1 saturated carbocycles. The molecule has 0 N–H and O–H groups in total. The van der Waals surface area contributed by atoms with Gasteiger partial charge in [-0.3, -0.25) is 4.79 Å². The maximum absolute atomic E-state index is 12.5. The summed E-state index contributed by atoms with van der Waals surface area (Å²) in [5.74, 6) is -0.263. The van der Waals surface area contributed by atoms with Gasteiger partial charge in [0.1, 0.15) is 19.3 Å². The Morgan fingerprint density at radius 2 is 2.07 bits per heavy atom. The first kappa shape index (κ1) is 19.2. The van der Waals surface area contributed by atoms with E-state index in [9.17, 15) is 14.4 Å². The van der Waals surface area contributed by atoms with Gasteiger partial charge in [-0.25, -0.2) is 9.59 Å². The van der Waals surface area contributed by atoms with Crippen molar-refractivity contribution in [1.82, 2.24) is 0 Å². The van der Waals surface area contributed by atoms with Gasteiger partial charge in [0.05, 0.1) is 0 Å². The summed E-state index contributed by atoms with van der Waals surface area (Å²) in [5.41, 5.74) is 1.02. The number of hydrogen-bond acceptors (Lipinski definition) is 6. The summed E-state index contributed by atoms with van der Waals surface area (Å²) >= 11 is 0. The second kappa shape index (κ2) is 6.75. The van der Waals surface area contributed by atoms with Gasteiger partial charge >= 0.3 is 17.9 Å². The predicted octanol–water partition coefficient (Wildman–Crippen LogP) is 3.11. The molecule has 0 aromatic rings. The summed E-state index contributed by atoms with van der Waals surface area (Å²) in [7, 11) is 0.